The summed E-state index contributed by atoms with van der Waals surface area (Å²) in [5, 5.41) is 3.37. The van der Waals surface area contributed by atoms with E-state index in [2.05, 4.69) is 15.3 Å². The smallest absolute Gasteiger partial charge is 0.186 e. The highest BCUT2D eigenvalue weighted by Crippen LogP contribution is 2.20. The first-order valence-electron chi connectivity index (χ1n) is 6.77. The zero-order chi connectivity index (χ0) is 13.2. The molecule has 1 atom stereocenters. The molecule has 1 aliphatic rings. The van der Waals surface area contributed by atoms with Crippen molar-refractivity contribution in [3.8, 4) is 0 Å². The van der Waals surface area contributed by atoms with Gasteiger partial charge in [0.2, 0.25) is 0 Å². The minimum Gasteiger partial charge on any atom is -0.342 e. The molecule has 5 heteroatoms. The van der Waals surface area contributed by atoms with Crippen molar-refractivity contribution in [2.75, 3.05) is 13.1 Å². The third-order valence-electron chi connectivity index (χ3n) is 3.78. The van der Waals surface area contributed by atoms with Crippen molar-refractivity contribution in [1.29, 1.82) is 0 Å². The van der Waals surface area contributed by atoms with Gasteiger partial charge in [-0.1, -0.05) is 0 Å². The van der Waals surface area contributed by atoms with Gasteiger partial charge in [0.15, 0.2) is 11.6 Å². The number of H-pyrrole nitrogens is 1. The first-order valence-corrected chi connectivity index (χ1v) is 6.77. The van der Waals surface area contributed by atoms with Crippen molar-refractivity contribution in [3.05, 3.63) is 29.6 Å². The Morgan fingerprint density at radius 3 is 3.00 bits per heavy atom. The fourth-order valence-corrected chi connectivity index (χ4v) is 2.70. The standard InChI is InChI=1S/C14H17F2N3/c15-10-4-5-11-14(13(10)16)19-12(18-11)6-3-9-2-1-7-17-8-9/h4-5,9,17H,1-3,6-8H2,(H,18,19). The number of halogens is 2. The van der Waals surface area contributed by atoms with Crippen molar-refractivity contribution in [2.45, 2.75) is 25.7 Å². The molecule has 102 valence electrons. The number of hydrogen-bond donors (Lipinski definition) is 2. The van der Waals surface area contributed by atoms with Gasteiger partial charge >= 0.3 is 0 Å². The number of aromatic amines is 1. The molecule has 0 bridgehead atoms. The fourth-order valence-electron chi connectivity index (χ4n) is 2.70. The molecule has 0 spiro atoms. The summed E-state index contributed by atoms with van der Waals surface area (Å²) in [5.41, 5.74) is 0.674. The third-order valence-corrected chi connectivity index (χ3v) is 3.78. The molecule has 1 aromatic heterocycles. The average Bonchev–Trinajstić information content (AvgIpc) is 2.86. The van der Waals surface area contributed by atoms with E-state index in [1.807, 2.05) is 0 Å². The highest BCUT2D eigenvalue weighted by atomic mass is 19.2. The summed E-state index contributed by atoms with van der Waals surface area (Å²) in [6.07, 6.45) is 4.25. The molecule has 0 aliphatic carbocycles. The lowest BCUT2D eigenvalue weighted by atomic mass is 9.95. The summed E-state index contributed by atoms with van der Waals surface area (Å²) >= 11 is 0. The number of piperidine rings is 1. The van der Waals surface area contributed by atoms with Crippen LogP contribution in [0, 0.1) is 17.6 Å². The maximum Gasteiger partial charge on any atom is 0.186 e. The quantitative estimate of drug-likeness (QED) is 0.896. The second-order valence-electron chi connectivity index (χ2n) is 5.19. The molecule has 0 radical (unpaired) electrons. The van der Waals surface area contributed by atoms with Crippen LogP contribution in [-0.4, -0.2) is 23.1 Å². The normalized spacial score (nSPS) is 20.0. The zero-order valence-electron chi connectivity index (χ0n) is 10.7. The maximum atomic E-state index is 13.5. The highest BCUT2D eigenvalue weighted by Gasteiger charge is 2.15. The van der Waals surface area contributed by atoms with Crippen LogP contribution in [0.3, 0.4) is 0 Å². The van der Waals surface area contributed by atoms with E-state index in [9.17, 15) is 8.78 Å². The molecule has 1 aliphatic heterocycles. The van der Waals surface area contributed by atoms with Crippen molar-refractivity contribution in [3.63, 3.8) is 0 Å². The molecule has 2 N–H and O–H groups in total. The van der Waals surface area contributed by atoms with Gasteiger partial charge in [0.1, 0.15) is 11.3 Å². The first kappa shape index (κ1) is 12.5. The fraction of sp³-hybridized carbons (Fsp3) is 0.500. The molecule has 2 aromatic rings. The predicted octanol–water partition coefficient (Wildman–Crippen LogP) is 2.77. The average molecular weight is 265 g/mol. The third kappa shape index (κ3) is 2.61. The summed E-state index contributed by atoms with van der Waals surface area (Å²) in [6.45, 7) is 2.15. The van der Waals surface area contributed by atoms with Gasteiger partial charge in [-0.2, -0.15) is 0 Å². The van der Waals surface area contributed by atoms with Gasteiger partial charge in [-0.3, -0.25) is 0 Å². The van der Waals surface area contributed by atoms with Crippen LogP contribution in [0.5, 0.6) is 0 Å². The number of aromatic nitrogens is 2. The van der Waals surface area contributed by atoms with Crippen molar-refractivity contribution >= 4 is 11.0 Å². The predicted molar refractivity (Wildman–Crippen MR) is 69.9 cm³/mol. The number of nitrogens with one attached hydrogen (secondary N) is 2. The van der Waals surface area contributed by atoms with Crippen LogP contribution in [0.15, 0.2) is 12.1 Å². The molecule has 19 heavy (non-hydrogen) atoms. The van der Waals surface area contributed by atoms with Crippen molar-refractivity contribution < 1.29 is 8.78 Å². The number of rotatable bonds is 3. The van der Waals surface area contributed by atoms with E-state index < -0.39 is 11.6 Å². The van der Waals surface area contributed by atoms with Gasteiger partial charge in [0.25, 0.3) is 0 Å². The van der Waals surface area contributed by atoms with Crippen molar-refractivity contribution in [2.24, 2.45) is 5.92 Å². The molecule has 2 heterocycles. The van der Waals surface area contributed by atoms with Crippen LogP contribution in [-0.2, 0) is 6.42 Å². The van der Waals surface area contributed by atoms with Gasteiger partial charge in [-0.15, -0.1) is 0 Å². The van der Waals surface area contributed by atoms with Crippen LogP contribution in [0.1, 0.15) is 25.1 Å². The topological polar surface area (TPSA) is 40.7 Å². The van der Waals surface area contributed by atoms with Gasteiger partial charge < -0.3 is 10.3 Å². The molecule has 1 fully saturated rings. The lowest BCUT2D eigenvalue weighted by Gasteiger charge is -2.22. The Morgan fingerprint density at radius 1 is 1.32 bits per heavy atom. The van der Waals surface area contributed by atoms with E-state index in [1.165, 1.54) is 18.9 Å². The summed E-state index contributed by atoms with van der Waals surface area (Å²) in [6, 6.07) is 2.66. The van der Waals surface area contributed by atoms with Gasteiger partial charge in [-0.25, -0.2) is 13.8 Å². The molecule has 0 amide bonds. The molecule has 0 saturated carbocycles. The number of nitrogens with zero attached hydrogens (tertiary/aromatic N) is 1. The largest absolute Gasteiger partial charge is 0.342 e. The molecule has 1 unspecified atom stereocenters. The Labute approximate surface area is 110 Å². The highest BCUT2D eigenvalue weighted by molar-refractivity contribution is 5.75. The summed E-state index contributed by atoms with van der Waals surface area (Å²) in [5.74, 6) is -0.310. The Balaban J connectivity index is 1.72. The van der Waals surface area contributed by atoms with E-state index in [1.54, 1.807) is 0 Å². The monoisotopic (exact) mass is 265 g/mol. The number of fused-ring (bicyclic) bond motifs is 1. The van der Waals surface area contributed by atoms with Gasteiger partial charge in [-0.05, 0) is 50.4 Å². The first-order chi connectivity index (χ1) is 9.24. The molecule has 3 rings (SSSR count). The van der Waals surface area contributed by atoms with Gasteiger partial charge in [0, 0.05) is 6.42 Å². The van der Waals surface area contributed by atoms with Crippen LogP contribution < -0.4 is 5.32 Å². The molecular formula is C14H17F2N3. The van der Waals surface area contributed by atoms with Gasteiger partial charge in [0.05, 0.1) is 5.52 Å². The SMILES string of the molecule is Fc1ccc2[nH]c(CCC3CCCNC3)nc2c1F. The molecular weight excluding hydrogens is 248 g/mol. The van der Waals surface area contributed by atoms with Crippen LogP contribution >= 0.6 is 0 Å². The zero-order valence-corrected chi connectivity index (χ0v) is 10.7. The van der Waals surface area contributed by atoms with Crippen molar-refractivity contribution in [1.82, 2.24) is 15.3 Å². The van der Waals surface area contributed by atoms with E-state index in [0.29, 0.717) is 11.4 Å². The Morgan fingerprint density at radius 2 is 2.21 bits per heavy atom. The minimum atomic E-state index is -0.862. The van der Waals surface area contributed by atoms with E-state index in [-0.39, 0.29) is 5.52 Å². The second kappa shape index (κ2) is 5.25. The number of aryl methyl sites for hydroxylation is 1. The Hall–Kier alpha value is -1.49. The van der Waals surface area contributed by atoms with Crippen LogP contribution in [0.25, 0.3) is 11.0 Å². The lowest BCUT2D eigenvalue weighted by Crippen LogP contribution is -2.29. The number of imidazole rings is 1. The van der Waals surface area contributed by atoms with E-state index in [4.69, 9.17) is 0 Å². The summed E-state index contributed by atoms with van der Waals surface area (Å²) < 4.78 is 26.6. The van der Waals surface area contributed by atoms with Crippen LogP contribution in [0.2, 0.25) is 0 Å². The van der Waals surface area contributed by atoms with E-state index >= 15 is 0 Å². The molecule has 3 nitrogen and oxygen atoms in total. The van der Waals surface area contributed by atoms with Crippen LogP contribution in [0.4, 0.5) is 8.78 Å². The van der Waals surface area contributed by atoms with E-state index in [0.717, 1.165) is 37.8 Å². The number of hydrogen-bond acceptors (Lipinski definition) is 2. The Bertz CT molecular complexity index is 573. The minimum absolute atomic E-state index is 0.108. The lowest BCUT2D eigenvalue weighted by molar-refractivity contribution is 0.356. The molecule has 1 saturated heterocycles. The summed E-state index contributed by atoms with van der Waals surface area (Å²) in [7, 11) is 0. The summed E-state index contributed by atoms with van der Waals surface area (Å²) in [4.78, 5) is 7.23. The molecule has 1 aromatic carbocycles. The maximum absolute atomic E-state index is 13.5. The second-order valence-corrected chi connectivity index (χ2v) is 5.19. The number of benzene rings is 1. The Kier molecular flexibility index (Phi) is 3.46.